The minimum Gasteiger partial charge on any atom is -0.318 e. The number of amides is 1. The Morgan fingerprint density at radius 1 is 1.19 bits per heavy atom. The number of benzene rings is 1. The lowest BCUT2D eigenvalue weighted by molar-refractivity contribution is -0.122. The highest BCUT2D eigenvalue weighted by molar-refractivity contribution is 14.1. The van der Waals surface area contributed by atoms with Gasteiger partial charge in [0.15, 0.2) is 5.17 Å². The standard InChI is InChI=1S/C21H24IN3OS/c1-6-23-21-24(7-2)20(26)19(27-21)12-16-11-14(4)25(15(16)5)17-8-9-18(22)13(3)10-17/h8-12H,6-7H2,1-5H3/b19-12+,23-21?. The van der Waals surface area contributed by atoms with Gasteiger partial charge in [-0.2, -0.15) is 0 Å². The average molecular weight is 493 g/mol. The van der Waals surface area contributed by atoms with Gasteiger partial charge in [-0.1, -0.05) is 0 Å². The second-order valence-corrected chi connectivity index (χ2v) is 8.68. The molecule has 0 aliphatic carbocycles. The summed E-state index contributed by atoms with van der Waals surface area (Å²) in [7, 11) is 0. The summed E-state index contributed by atoms with van der Waals surface area (Å²) in [5.74, 6) is 0.0459. The average Bonchev–Trinajstić information content (AvgIpc) is 3.07. The van der Waals surface area contributed by atoms with Gasteiger partial charge in [-0.3, -0.25) is 14.7 Å². The van der Waals surface area contributed by atoms with Crippen LogP contribution in [0.1, 0.15) is 36.4 Å². The first-order chi connectivity index (χ1) is 12.9. The second-order valence-electron chi connectivity index (χ2n) is 6.51. The van der Waals surface area contributed by atoms with Gasteiger partial charge in [0, 0.05) is 33.7 Å². The maximum Gasteiger partial charge on any atom is 0.266 e. The minimum atomic E-state index is 0.0459. The lowest BCUT2D eigenvalue weighted by atomic mass is 10.2. The Balaban J connectivity index is 2.02. The molecular weight excluding hydrogens is 469 g/mol. The van der Waals surface area contributed by atoms with Gasteiger partial charge in [0.1, 0.15) is 0 Å². The maximum absolute atomic E-state index is 12.7. The Kier molecular flexibility index (Phi) is 6.15. The van der Waals surface area contributed by atoms with E-state index in [1.807, 2.05) is 19.9 Å². The van der Waals surface area contributed by atoms with Gasteiger partial charge in [0.05, 0.1) is 4.91 Å². The molecule has 2 aromatic rings. The predicted octanol–water partition coefficient (Wildman–Crippen LogP) is 5.32. The zero-order valence-corrected chi connectivity index (χ0v) is 19.3. The molecule has 0 N–H and O–H groups in total. The molecule has 2 heterocycles. The van der Waals surface area contributed by atoms with Crippen LogP contribution in [0.4, 0.5) is 0 Å². The van der Waals surface area contributed by atoms with Crippen LogP contribution >= 0.6 is 34.4 Å². The van der Waals surface area contributed by atoms with E-state index < -0.39 is 0 Å². The normalized spacial score (nSPS) is 17.6. The highest BCUT2D eigenvalue weighted by Gasteiger charge is 2.32. The van der Waals surface area contributed by atoms with Crippen molar-refractivity contribution >= 4 is 51.5 Å². The molecule has 0 saturated carbocycles. The first kappa shape index (κ1) is 20.2. The van der Waals surface area contributed by atoms with E-state index in [2.05, 4.69) is 77.2 Å². The zero-order valence-electron chi connectivity index (χ0n) is 16.3. The van der Waals surface area contributed by atoms with E-state index in [4.69, 9.17) is 0 Å². The lowest BCUT2D eigenvalue weighted by Gasteiger charge is -2.11. The van der Waals surface area contributed by atoms with Crippen LogP contribution in [-0.2, 0) is 4.79 Å². The van der Waals surface area contributed by atoms with E-state index >= 15 is 0 Å². The Labute approximate surface area is 178 Å². The summed E-state index contributed by atoms with van der Waals surface area (Å²) in [6, 6.07) is 8.64. The van der Waals surface area contributed by atoms with Crippen LogP contribution in [0.5, 0.6) is 0 Å². The second kappa shape index (κ2) is 8.22. The molecule has 1 aromatic carbocycles. The molecule has 1 amide bonds. The fourth-order valence-corrected chi connectivity index (χ4v) is 4.71. The Hall–Kier alpha value is -1.54. The number of hydrogen-bond donors (Lipinski definition) is 0. The maximum atomic E-state index is 12.7. The van der Waals surface area contributed by atoms with Crippen LogP contribution in [0.3, 0.4) is 0 Å². The number of carbonyl (C=O) groups excluding carboxylic acids is 1. The predicted molar refractivity (Wildman–Crippen MR) is 124 cm³/mol. The van der Waals surface area contributed by atoms with Crippen LogP contribution in [0, 0.1) is 24.3 Å². The van der Waals surface area contributed by atoms with Crippen molar-refractivity contribution in [2.24, 2.45) is 4.99 Å². The Morgan fingerprint density at radius 3 is 2.56 bits per heavy atom. The van der Waals surface area contributed by atoms with E-state index in [1.54, 1.807) is 4.90 Å². The monoisotopic (exact) mass is 493 g/mol. The van der Waals surface area contributed by atoms with Crippen LogP contribution in [0.15, 0.2) is 34.2 Å². The summed E-state index contributed by atoms with van der Waals surface area (Å²) in [6.07, 6.45) is 2.01. The molecule has 0 atom stereocenters. The molecule has 1 aliphatic rings. The fraction of sp³-hybridized carbons (Fsp3) is 0.333. The highest BCUT2D eigenvalue weighted by Crippen LogP contribution is 2.34. The van der Waals surface area contributed by atoms with Crippen LogP contribution < -0.4 is 0 Å². The smallest absolute Gasteiger partial charge is 0.266 e. The van der Waals surface area contributed by atoms with Gasteiger partial charge in [0.25, 0.3) is 5.91 Å². The number of aliphatic imine (C=N–C) groups is 1. The van der Waals surface area contributed by atoms with E-state index in [0.717, 1.165) is 32.7 Å². The third-order valence-electron chi connectivity index (χ3n) is 4.65. The number of aryl methyl sites for hydroxylation is 2. The van der Waals surface area contributed by atoms with E-state index in [1.165, 1.54) is 20.9 Å². The number of hydrogen-bond acceptors (Lipinski definition) is 3. The molecule has 0 radical (unpaired) electrons. The summed E-state index contributed by atoms with van der Waals surface area (Å²) < 4.78 is 3.51. The van der Waals surface area contributed by atoms with Crippen molar-refractivity contribution in [1.82, 2.24) is 9.47 Å². The Bertz CT molecular complexity index is 959. The molecule has 1 aliphatic heterocycles. The Morgan fingerprint density at radius 2 is 1.93 bits per heavy atom. The summed E-state index contributed by atoms with van der Waals surface area (Å²) in [6.45, 7) is 11.6. The molecule has 1 saturated heterocycles. The van der Waals surface area contributed by atoms with Gasteiger partial charge in [0.2, 0.25) is 0 Å². The SMILES string of the molecule is CCN=C1S/C(=C/c2cc(C)n(-c3ccc(I)c(C)c3)c2C)C(=O)N1CC. The summed E-state index contributed by atoms with van der Waals surface area (Å²) in [4.78, 5) is 19.7. The van der Waals surface area contributed by atoms with Crippen molar-refractivity contribution in [3.05, 3.63) is 55.3 Å². The number of amidine groups is 1. The molecule has 27 heavy (non-hydrogen) atoms. The molecule has 142 valence electrons. The van der Waals surface area contributed by atoms with E-state index in [-0.39, 0.29) is 5.91 Å². The molecule has 0 bridgehead atoms. The summed E-state index contributed by atoms with van der Waals surface area (Å²) >= 11 is 3.83. The number of nitrogens with zero attached hydrogens (tertiary/aromatic N) is 3. The zero-order chi connectivity index (χ0) is 19.7. The van der Waals surface area contributed by atoms with Crippen molar-refractivity contribution < 1.29 is 4.79 Å². The van der Waals surface area contributed by atoms with Gasteiger partial charge >= 0.3 is 0 Å². The molecule has 3 rings (SSSR count). The topological polar surface area (TPSA) is 37.6 Å². The molecular formula is C21H24IN3OS. The number of likely N-dealkylation sites (N-methyl/N-ethyl adjacent to an activating group) is 1. The van der Waals surface area contributed by atoms with Crippen molar-refractivity contribution in [1.29, 1.82) is 0 Å². The minimum absolute atomic E-state index is 0.0459. The van der Waals surface area contributed by atoms with Gasteiger partial charge in [-0.15, -0.1) is 0 Å². The van der Waals surface area contributed by atoms with Crippen LogP contribution in [0.2, 0.25) is 0 Å². The first-order valence-electron chi connectivity index (χ1n) is 9.08. The molecule has 0 unspecified atom stereocenters. The summed E-state index contributed by atoms with van der Waals surface area (Å²) in [5.41, 5.74) is 5.79. The number of thioether (sulfide) groups is 1. The fourth-order valence-electron chi connectivity index (χ4n) is 3.28. The van der Waals surface area contributed by atoms with Crippen molar-refractivity contribution in [2.75, 3.05) is 13.1 Å². The first-order valence-corrected chi connectivity index (χ1v) is 11.0. The van der Waals surface area contributed by atoms with Gasteiger partial charge in [-0.25, -0.2) is 0 Å². The van der Waals surface area contributed by atoms with Gasteiger partial charge < -0.3 is 4.57 Å². The molecule has 1 fully saturated rings. The number of rotatable bonds is 4. The summed E-state index contributed by atoms with van der Waals surface area (Å²) in [5, 5.41) is 0.804. The van der Waals surface area contributed by atoms with Crippen molar-refractivity contribution in [2.45, 2.75) is 34.6 Å². The van der Waals surface area contributed by atoms with Gasteiger partial charge in [-0.05, 0) is 110 Å². The van der Waals surface area contributed by atoms with E-state index in [0.29, 0.717) is 13.1 Å². The molecule has 1 aromatic heterocycles. The van der Waals surface area contributed by atoms with E-state index in [9.17, 15) is 4.79 Å². The number of aromatic nitrogens is 1. The molecule has 4 nitrogen and oxygen atoms in total. The molecule has 0 spiro atoms. The lowest BCUT2D eigenvalue weighted by Crippen LogP contribution is -2.28. The molecule has 6 heteroatoms. The third kappa shape index (κ3) is 3.87. The highest BCUT2D eigenvalue weighted by atomic mass is 127. The van der Waals surface area contributed by atoms with Crippen LogP contribution in [-0.4, -0.2) is 33.6 Å². The quantitative estimate of drug-likeness (QED) is 0.427. The number of carbonyl (C=O) groups is 1. The number of halogens is 1. The third-order valence-corrected chi connectivity index (χ3v) is 6.91. The largest absolute Gasteiger partial charge is 0.318 e. The van der Waals surface area contributed by atoms with Crippen molar-refractivity contribution in [3.63, 3.8) is 0 Å². The van der Waals surface area contributed by atoms with Crippen molar-refractivity contribution in [3.8, 4) is 5.69 Å². The van der Waals surface area contributed by atoms with Crippen LogP contribution in [0.25, 0.3) is 11.8 Å².